The van der Waals surface area contributed by atoms with Crippen LogP contribution in [0.4, 0.5) is 5.69 Å². The number of nitrogen functional groups attached to an aromatic ring is 1. The first kappa shape index (κ1) is 13.6. The van der Waals surface area contributed by atoms with E-state index >= 15 is 0 Å². The van der Waals surface area contributed by atoms with E-state index in [1.807, 2.05) is 0 Å². The molecule has 0 aliphatic heterocycles. The number of hydrogen-bond acceptors (Lipinski definition) is 7. The van der Waals surface area contributed by atoms with Gasteiger partial charge in [-0.15, -0.1) is 16.4 Å². The van der Waals surface area contributed by atoms with Gasteiger partial charge in [-0.25, -0.2) is 13.6 Å². The zero-order chi connectivity index (χ0) is 14.0. The largest absolute Gasteiger partial charge is 0.397 e. The van der Waals surface area contributed by atoms with Crippen molar-refractivity contribution in [2.75, 3.05) is 18.0 Å². The van der Waals surface area contributed by atoms with E-state index in [0.29, 0.717) is 15.9 Å². The third-order valence-electron chi connectivity index (χ3n) is 2.30. The van der Waals surface area contributed by atoms with Gasteiger partial charge in [0, 0.05) is 11.9 Å². The van der Waals surface area contributed by atoms with Gasteiger partial charge in [0.05, 0.1) is 17.6 Å². The standard InChI is InChI=1S/C9H11N5O3S2/c10-6-5-1-2-13-14-9(5)18-7(6)8(15)12-3-4-19(11,16)17/h1-2H,3-4,10H2,(H,12,15)(H2,11,16,17). The molecule has 2 rings (SSSR count). The van der Waals surface area contributed by atoms with Crippen LogP contribution in [0, 0.1) is 0 Å². The van der Waals surface area contributed by atoms with Gasteiger partial charge >= 0.3 is 0 Å². The molecule has 0 aliphatic rings. The summed E-state index contributed by atoms with van der Waals surface area (Å²) in [5.41, 5.74) is 6.14. The lowest BCUT2D eigenvalue weighted by molar-refractivity contribution is 0.0961. The van der Waals surface area contributed by atoms with Gasteiger partial charge in [0.1, 0.15) is 9.71 Å². The number of fused-ring (bicyclic) bond motifs is 1. The Hall–Kier alpha value is -1.78. The monoisotopic (exact) mass is 301 g/mol. The highest BCUT2D eigenvalue weighted by atomic mass is 32.2. The van der Waals surface area contributed by atoms with Crippen molar-refractivity contribution in [1.82, 2.24) is 15.5 Å². The summed E-state index contributed by atoms with van der Waals surface area (Å²) in [6, 6.07) is 1.66. The highest BCUT2D eigenvalue weighted by Gasteiger charge is 2.17. The molecule has 2 aromatic rings. The minimum Gasteiger partial charge on any atom is -0.397 e. The first-order valence-corrected chi connectivity index (χ1v) is 7.70. The van der Waals surface area contributed by atoms with Gasteiger partial charge in [0.15, 0.2) is 0 Å². The van der Waals surface area contributed by atoms with Crippen LogP contribution in [-0.4, -0.2) is 36.8 Å². The fourth-order valence-corrected chi connectivity index (χ4v) is 2.77. The van der Waals surface area contributed by atoms with Crippen molar-refractivity contribution in [2.45, 2.75) is 0 Å². The third-order valence-corrected chi connectivity index (χ3v) is 4.18. The summed E-state index contributed by atoms with van der Waals surface area (Å²) in [4.78, 5) is 12.7. The molecule has 0 unspecified atom stereocenters. The van der Waals surface area contributed by atoms with Crippen LogP contribution in [0.25, 0.3) is 10.2 Å². The smallest absolute Gasteiger partial charge is 0.263 e. The molecule has 0 radical (unpaired) electrons. The molecule has 0 aliphatic carbocycles. The molecule has 0 bridgehead atoms. The van der Waals surface area contributed by atoms with Gasteiger partial charge in [-0.05, 0) is 6.07 Å². The second-order valence-corrected chi connectivity index (χ2v) is 6.45. The van der Waals surface area contributed by atoms with Crippen molar-refractivity contribution >= 4 is 43.2 Å². The Morgan fingerprint density at radius 3 is 2.84 bits per heavy atom. The van der Waals surface area contributed by atoms with Gasteiger partial charge in [-0.2, -0.15) is 5.10 Å². The van der Waals surface area contributed by atoms with Crippen LogP contribution in [0.15, 0.2) is 12.3 Å². The van der Waals surface area contributed by atoms with Crippen LogP contribution in [0.3, 0.4) is 0 Å². The number of primary sulfonamides is 1. The van der Waals surface area contributed by atoms with E-state index in [0.717, 1.165) is 11.3 Å². The maximum atomic E-state index is 11.9. The van der Waals surface area contributed by atoms with Gasteiger partial charge in [-0.1, -0.05) is 0 Å². The van der Waals surface area contributed by atoms with Gasteiger partial charge in [-0.3, -0.25) is 4.79 Å². The molecule has 0 atom stereocenters. The second-order valence-electron chi connectivity index (χ2n) is 3.72. The number of sulfonamides is 1. The maximum Gasteiger partial charge on any atom is 0.263 e. The molecule has 5 N–H and O–H groups in total. The van der Waals surface area contributed by atoms with Crippen molar-refractivity contribution in [1.29, 1.82) is 0 Å². The molecule has 19 heavy (non-hydrogen) atoms. The molecule has 0 aromatic carbocycles. The normalized spacial score (nSPS) is 11.6. The molecule has 0 spiro atoms. The van der Waals surface area contributed by atoms with Crippen LogP contribution in [-0.2, 0) is 10.0 Å². The fourth-order valence-electron chi connectivity index (χ4n) is 1.43. The number of rotatable bonds is 4. The summed E-state index contributed by atoms with van der Waals surface area (Å²) in [6.45, 7) is -0.0724. The average molecular weight is 301 g/mol. The Labute approximate surface area is 112 Å². The number of amides is 1. The summed E-state index contributed by atoms with van der Waals surface area (Å²) in [5, 5.41) is 15.5. The fraction of sp³-hybridized carbons (Fsp3) is 0.222. The van der Waals surface area contributed by atoms with Gasteiger partial charge in [0.25, 0.3) is 5.91 Å². The predicted molar refractivity (Wildman–Crippen MR) is 72.1 cm³/mol. The number of nitrogens with two attached hydrogens (primary N) is 2. The Balaban J connectivity index is 2.16. The van der Waals surface area contributed by atoms with Crippen molar-refractivity contribution in [3.05, 3.63) is 17.1 Å². The summed E-state index contributed by atoms with van der Waals surface area (Å²) < 4.78 is 21.5. The highest BCUT2D eigenvalue weighted by Crippen LogP contribution is 2.31. The molecule has 102 valence electrons. The SMILES string of the molecule is Nc1c(C(=O)NCCS(N)(=O)=O)sc2nnccc12. The second kappa shape index (κ2) is 5.07. The van der Waals surface area contributed by atoms with Crippen molar-refractivity contribution < 1.29 is 13.2 Å². The molecule has 8 nitrogen and oxygen atoms in total. The highest BCUT2D eigenvalue weighted by molar-refractivity contribution is 7.89. The maximum absolute atomic E-state index is 11.9. The number of anilines is 1. The van der Waals surface area contributed by atoms with E-state index < -0.39 is 15.9 Å². The molecule has 0 fully saturated rings. The van der Waals surface area contributed by atoms with E-state index in [9.17, 15) is 13.2 Å². The Morgan fingerprint density at radius 1 is 1.47 bits per heavy atom. The van der Waals surface area contributed by atoms with Crippen LogP contribution < -0.4 is 16.2 Å². The average Bonchev–Trinajstić information content (AvgIpc) is 2.66. The van der Waals surface area contributed by atoms with E-state index in [2.05, 4.69) is 15.5 Å². The van der Waals surface area contributed by atoms with Crippen molar-refractivity contribution in [2.24, 2.45) is 5.14 Å². The number of thiophene rings is 1. The van der Waals surface area contributed by atoms with E-state index in [1.165, 1.54) is 6.20 Å². The quantitative estimate of drug-likeness (QED) is 0.681. The first-order valence-electron chi connectivity index (χ1n) is 5.17. The van der Waals surface area contributed by atoms with Gasteiger partial charge < -0.3 is 11.1 Å². The number of nitrogens with one attached hydrogen (secondary N) is 1. The minimum atomic E-state index is -3.60. The van der Waals surface area contributed by atoms with E-state index in [4.69, 9.17) is 10.9 Å². The third kappa shape index (κ3) is 3.16. The molecule has 0 saturated heterocycles. The Kier molecular flexibility index (Phi) is 3.64. The lowest BCUT2D eigenvalue weighted by Crippen LogP contribution is -2.31. The number of nitrogens with zero attached hydrogens (tertiary/aromatic N) is 2. The molecule has 1 amide bonds. The number of carbonyl (C=O) groups excluding carboxylic acids is 1. The molecule has 2 heterocycles. The van der Waals surface area contributed by atoms with Crippen molar-refractivity contribution in [3.63, 3.8) is 0 Å². The Bertz CT molecular complexity index is 725. The molecule has 2 aromatic heterocycles. The molecular weight excluding hydrogens is 290 g/mol. The zero-order valence-electron chi connectivity index (χ0n) is 9.66. The summed E-state index contributed by atoms with van der Waals surface area (Å²) in [5.74, 6) is -0.785. The number of aromatic nitrogens is 2. The molecular formula is C9H11N5O3S2. The number of carbonyl (C=O) groups is 1. The topological polar surface area (TPSA) is 141 Å². The van der Waals surface area contributed by atoms with Crippen LogP contribution in [0.1, 0.15) is 9.67 Å². The first-order chi connectivity index (χ1) is 8.88. The van der Waals surface area contributed by atoms with Crippen LogP contribution >= 0.6 is 11.3 Å². The lowest BCUT2D eigenvalue weighted by Gasteiger charge is -2.02. The zero-order valence-corrected chi connectivity index (χ0v) is 11.3. The lowest BCUT2D eigenvalue weighted by atomic mass is 10.3. The van der Waals surface area contributed by atoms with Crippen LogP contribution in [0.5, 0.6) is 0 Å². The summed E-state index contributed by atoms with van der Waals surface area (Å²) in [7, 11) is -3.60. The van der Waals surface area contributed by atoms with Gasteiger partial charge in [0.2, 0.25) is 10.0 Å². The minimum absolute atomic E-state index is 0.0724. The van der Waals surface area contributed by atoms with Crippen LogP contribution in [0.2, 0.25) is 0 Å². The summed E-state index contributed by atoms with van der Waals surface area (Å²) in [6.07, 6.45) is 1.48. The van der Waals surface area contributed by atoms with E-state index in [1.54, 1.807) is 6.07 Å². The predicted octanol–water partition coefficient (Wildman–Crippen LogP) is -0.708. The number of hydrogen-bond donors (Lipinski definition) is 3. The van der Waals surface area contributed by atoms with E-state index in [-0.39, 0.29) is 17.2 Å². The molecule has 0 saturated carbocycles. The Morgan fingerprint density at radius 2 is 2.21 bits per heavy atom. The van der Waals surface area contributed by atoms with Crippen molar-refractivity contribution in [3.8, 4) is 0 Å². The molecule has 10 heteroatoms. The summed E-state index contributed by atoms with van der Waals surface area (Å²) >= 11 is 1.10.